The van der Waals surface area contributed by atoms with Crippen molar-refractivity contribution >= 4 is 23.8 Å². The molecule has 1 heterocycles. The average Bonchev–Trinajstić information content (AvgIpc) is 2.53. The SMILES string of the molecule is CCOC(=O)/C=C/c1nccnc1SCc1ccccc1. The zero-order valence-electron chi connectivity index (χ0n) is 11.7. The summed E-state index contributed by atoms with van der Waals surface area (Å²) in [5.74, 6) is 0.432. The van der Waals surface area contributed by atoms with Crippen molar-refractivity contribution in [2.75, 3.05) is 6.61 Å². The van der Waals surface area contributed by atoms with Gasteiger partial charge in [-0.15, -0.1) is 0 Å². The monoisotopic (exact) mass is 300 g/mol. The summed E-state index contributed by atoms with van der Waals surface area (Å²) in [5.41, 5.74) is 1.89. The quantitative estimate of drug-likeness (QED) is 0.465. The molecule has 0 amide bonds. The van der Waals surface area contributed by atoms with E-state index < -0.39 is 0 Å². The standard InChI is InChI=1S/C16H16N2O2S/c1-2-20-15(19)9-8-14-16(18-11-10-17-14)21-12-13-6-4-3-5-7-13/h3-11H,2,12H2,1H3/b9-8+. The van der Waals surface area contributed by atoms with E-state index in [2.05, 4.69) is 22.1 Å². The van der Waals surface area contributed by atoms with Gasteiger partial charge >= 0.3 is 5.97 Å². The van der Waals surface area contributed by atoms with Gasteiger partial charge in [-0.05, 0) is 18.6 Å². The summed E-state index contributed by atoms with van der Waals surface area (Å²) in [7, 11) is 0. The minimum absolute atomic E-state index is 0.360. The highest BCUT2D eigenvalue weighted by Gasteiger charge is 2.04. The van der Waals surface area contributed by atoms with E-state index in [-0.39, 0.29) is 5.97 Å². The van der Waals surface area contributed by atoms with Crippen LogP contribution in [-0.2, 0) is 15.3 Å². The summed E-state index contributed by atoms with van der Waals surface area (Å²) in [6, 6.07) is 10.1. The molecule has 0 bridgehead atoms. The van der Waals surface area contributed by atoms with Crippen LogP contribution in [0.3, 0.4) is 0 Å². The van der Waals surface area contributed by atoms with E-state index in [0.29, 0.717) is 12.3 Å². The number of hydrogen-bond acceptors (Lipinski definition) is 5. The van der Waals surface area contributed by atoms with Crippen LogP contribution in [0.25, 0.3) is 6.08 Å². The fraction of sp³-hybridized carbons (Fsp3) is 0.188. The number of nitrogens with zero attached hydrogens (tertiary/aromatic N) is 2. The Balaban J connectivity index is 2.05. The number of hydrogen-bond donors (Lipinski definition) is 0. The molecule has 0 radical (unpaired) electrons. The van der Waals surface area contributed by atoms with Crippen LogP contribution in [0.15, 0.2) is 53.8 Å². The molecule has 4 nitrogen and oxygen atoms in total. The van der Waals surface area contributed by atoms with Gasteiger partial charge in [-0.2, -0.15) is 0 Å². The van der Waals surface area contributed by atoms with Crippen molar-refractivity contribution in [3.8, 4) is 0 Å². The second-order valence-electron chi connectivity index (χ2n) is 4.11. The summed E-state index contributed by atoms with van der Waals surface area (Å²) < 4.78 is 4.85. The Kier molecular flexibility index (Phi) is 5.97. The minimum atomic E-state index is -0.373. The Morgan fingerprint density at radius 3 is 2.76 bits per heavy atom. The zero-order valence-corrected chi connectivity index (χ0v) is 12.5. The Morgan fingerprint density at radius 1 is 1.24 bits per heavy atom. The molecular formula is C16H16N2O2S. The molecule has 0 aliphatic carbocycles. The van der Waals surface area contributed by atoms with E-state index in [1.807, 2.05) is 18.2 Å². The summed E-state index contributed by atoms with van der Waals surface area (Å²) in [5, 5.41) is 0.793. The number of benzene rings is 1. The Morgan fingerprint density at radius 2 is 2.00 bits per heavy atom. The van der Waals surface area contributed by atoms with E-state index in [0.717, 1.165) is 10.8 Å². The van der Waals surface area contributed by atoms with E-state index in [1.54, 1.807) is 37.2 Å². The van der Waals surface area contributed by atoms with Crippen molar-refractivity contribution in [3.05, 3.63) is 60.1 Å². The van der Waals surface area contributed by atoms with Crippen molar-refractivity contribution in [1.82, 2.24) is 9.97 Å². The van der Waals surface area contributed by atoms with E-state index >= 15 is 0 Å². The molecule has 0 N–H and O–H groups in total. The van der Waals surface area contributed by atoms with Gasteiger partial charge in [0, 0.05) is 24.2 Å². The van der Waals surface area contributed by atoms with Crippen LogP contribution in [0.5, 0.6) is 0 Å². The third-order valence-electron chi connectivity index (χ3n) is 2.57. The third-order valence-corrected chi connectivity index (χ3v) is 3.64. The summed E-state index contributed by atoms with van der Waals surface area (Å²) >= 11 is 1.59. The van der Waals surface area contributed by atoms with E-state index in [1.165, 1.54) is 11.6 Å². The average molecular weight is 300 g/mol. The van der Waals surface area contributed by atoms with Crippen molar-refractivity contribution < 1.29 is 9.53 Å². The molecule has 1 aromatic carbocycles. The highest BCUT2D eigenvalue weighted by molar-refractivity contribution is 7.98. The Hall–Kier alpha value is -2.14. The predicted molar refractivity (Wildman–Crippen MR) is 83.7 cm³/mol. The van der Waals surface area contributed by atoms with Crippen LogP contribution in [0.4, 0.5) is 0 Å². The first-order valence-electron chi connectivity index (χ1n) is 6.62. The molecule has 5 heteroatoms. The highest BCUT2D eigenvalue weighted by atomic mass is 32.2. The number of rotatable bonds is 6. The Bertz CT molecular complexity index is 615. The van der Waals surface area contributed by atoms with Gasteiger partial charge < -0.3 is 4.74 Å². The van der Waals surface area contributed by atoms with Crippen molar-refractivity contribution in [2.45, 2.75) is 17.7 Å². The maximum Gasteiger partial charge on any atom is 0.330 e. The molecule has 21 heavy (non-hydrogen) atoms. The van der Waals surface area contributed by atoms with E-state index in [9.17, 15) is 4.79 Å². The molecule has 2 aromatic rings. The van der Waals surface area contributed by atoms with Gasteiger partial charge in [-0.3, -0.25) is 4.98 Å². The van der Waals surface area contributed by atoms with Gasteiger partial charge in [0.1, 0.15) is 5.03 Å². The van der Waals surface area contributed by atoms with Gasteiger partial charge in [-0.25, -0.2) is 9.78 Å². The van der Waals surface area contributed by atoms with Crippen LogP contribution in [-0.4, -0.2) is 22.5 Å². The molecular weight excluding hydrogens is 284 g/mol. The molecule has 0 unspecified atom stereocenters. The predicted octanol–water partition coefficient (Wildman–Crippen LogP) is 3.35. The van der Waals surface area contributed by atoms with Gasteiger partial charge in [0.05, 0.1) is 12.3 Å². The molecule has 2 rings (SSSR count). The maximum atomic E-state index is 11.3. The molecule has 0 saturated heterocycles. The number of thioether (sulfide) groups is 1. The zero-order chi connectivity index (χ0) is 14.9. The Labute approximate surface area is 128 Å². The minimum Gasteiger partial charge on any atom is -0.463 e. The van der Waals surface area contributed by atoms with Crippen molar-refractivity contribution in [2.24, 2.45) is 0 Å². The lowest BCUT2D eigenvalue weighted by atomic mass is 10.2. The topological polar surface area (TPSA) is 52.1 Å². The normalized spacial score (nSPS) is 10.7. The molecule has 0 saturated carbocycles. The van der Waals surface area contributed by atoms with Crippen molar-refractivity contribution in [1.29, 1.82) is 0 Å². The number of esters is 1. The third kappa shape index (κ3) is 5.04. The molecule has 0 spiro atoms. The van der Waals surface area contributed by atoms with Crippen LogP contribution < -0.4 is 0 Å². The number of carbonyl (C=O) groups excluding carboxylic acids is 1. The molecule has 0 fully saturated rings. The van der Waals surface area contributed by atoms with Gasteiger partial charge in [0.15, 0.2) is 0 Å². The smallest absolute Gasteiger partial charge is 0.330 e. The first-order valence-corrected chi connectivity index (χ1v) is 7.60. The van der Waals surface area contributed by atoms with Crippen molar-refractivity contribution in [3.63, 3.8) is 0 Å². The number of carbonyl (C=O) groups is 1. The van der Waals surface area contributed by atoms with Gasteiger partial charge in [0.2, 0.25) is 0 Å². The highest BCUT2D eigenvalue weighted by Crippen LogP contribution is 2.23. The largest absolute Gasteiger partial charge is 0.463 e. The molecule has 0 aliphatic heterocycles. The lowest BCUT2D eigenvalue weighted by molar-refractivity contribution is -0.137. The van der Waals surface area contributed by atoms with Crippen LogP contribution in [0.2, 0.25) is 0 Å². The first kappa shape index (κ1) is 15.3. The van der Waals surface area contributed by atoms with Crippen LogP contribution in [0.1, 0.15) is 18.2 Å². The summed E-state index contributed by atoms with van der Waals surface area (Å²) in [6.45, 7) is 2.13. The van der Waals surface area contributed by atoms with Crippen LogP contribution in [0, 0.1) is 0 Å². The van der Waals surface area contributed by atoms with Gasteiger partial charge in [-0.1, -0.05) is 42.1 Å². The molecule has 1 aromatic heterocycles. The lowest BCUT2D eigenvalue weighted by Crippen LogP contribution is -1.99. The maximum absolute atomic E-state index is 11.3. The summed E-state index contributed by atoms with van der Waals surface area (Å²) in [6.07, 6.45) is 6.27. The molecule has 0 aliphatic rings. The van der Waals surface area contributed by atoms with Crippen LogP contribution >= 0.6 is 11.8 Å². The number of ether oxygens (including phenoxy) is 1. The fourth-order valence-corrected chi connectivity index (χ4v) is 2.52. The second kappa shape index (κ2) is 8.21. The molecule has 108 valence electrons. The fourth-order valence-electron chi connectivity index (χ4n) is 1.62. The second-order valence-corrected chi connectivity index (χ2v) is 5.07. The molecule has 0 atom stereocenters. The lowest BCUT2D eigenvalue weighted by Gasteiger charge is -2.04. The summed E-state index contributed by atoms with van der Waals surface area (Å²) in [4.78, 5) is 19.9. The first-order chi connectivity index (χ1) is 10.3. The van der Waals surface area contributed by atoms with E-state index in [4.69, 9.17) is 4.74 Å². The van der Waals surface area contributed by atoms with Gasteiger partial charge in [0.25, 0.3) is 0 Å². The number of aromatic nitrogens is 2.